The van der Waals surface area contributed by atoms with Crippen molar-refractivity contribution >= 4 is 5.97 Å². The third-order valence-electron chi connectivity index (χ3n) is 2.71. The number of ether oxygens (including phenoxy) is 1. The zero-order chi connectivity index (χ0) is 14.7. The SMILES string of the molecule is Cc1cc(-c2nccnc2C(=O)O)ccc1OC(C)C. The van der Waals surface area contributed by atoms with Crippen molar-refractivity contribution in [2.75, 3.05) is 0 Å². The Morgan fingerprint density at radius 2 is 1.95 bits per heavy atom. The van der Waals surface area contributed by atoms with E-state index in [1.807, 2.05) is 32.9 Å². The Balaban J connectivity index is 2.45. The third kappa shape index (κ3) is 2.93. The van der Waals surface area contributed by atoms with Crippen LogP contribution in [0.1, 0.15) is 29.9 Å². The molecule has 1 N–H and O–H groups in total. The number of carbonyl (C=O) groups is 1. The van der Waals surface area contributed by atoms with E-state index >= 15 is 0 Å². The molecule has 0 saturated carbocycles. The number of aryl methyl sites for hydroxylation is 1. The molecular weight excluding hydrogens is 256 g/mol. The molecule has 0 spiro atoms. The maximum absolute atomic E-state index is 11.2. The highest BCUT2D eigenvalue weighted by Gasteiger charge is 2.15. The van der Waals surface area contributed by atoms with Gasteiger partial charge in [-0.15, -0.1) is 0 Å². The van der Waals surface area contributed by atoms with Crippen molar-refractivity contribution in [2.24, 2.45) is 0 Å². The quantitative estimate of drug-likeness (QED) is 0.926. The van der Waals surface area contributed by atoms with Crippen LogP contribution in [0.4, 0.5) is 0 Å². The van der Waals surface area contributed by atoms with Crippen molar-refractivity contribution in [3.05, 3.63) is 41.9 Å². The molecule has 2 rings (SSSR count). The van der Waals surface area contributed by atoms with E-state index in [0.29, 0.717) is 11.3 Å². The van der Waals surface area contributed by atoms with Gasteiger partial charge in [0, 0.05) is 18.0 Å². The summed E-state index contributed by atoms with van der Waals surface area (Å²) in [4.78, 5) is 19.1. The summed E-state index contributed by atoms with van der Waals surface area (Å²) in [6.07, 6.45) is 2.94. The van der Waals surface area contributed by atoms with Crippen molar-refractivity contribution in [1.29, 1.82) is 0 Å². The molecule has 1 heterocycles. The fourth-order valence-corrected chi connectivity index (χ4v) is 1.89. The second-order valence-corrected chi connectivity index (χ2v) is 4.71. The highest BCUT2D eigenvalue weighted by molar-refractivity contribution is 5.92. The molecule has 0 saturated heterocycles. The van der Waals surface area contributed by atoms with Crippen LogP contribution in [0.25, 0.3) is 11.3 Å². The molecule has 104 valence electrons. The van der Waals surface area contributed by atoms with Gasteiger partial charge in [-0.25, -0.2) is 9.78 Å². The van der Waals surface area contributed by atoms with Gasteiger partial charge in [-0.05, 0) is 44.5 Å². The number of hydrogen-bond acceptors (Lipinski definition) is 4. The van der Waals surface area contributed by atoms with E-state index in [2.05, 4.69) is 9.97 Å². The first kappa shape index (κ1) is 14.0. The molecule has 0 bridgehead atoms. The normalized spacial score (nSPS) is 10.6. The van der Waals surface area contributed by atoms with Crippen molar-refractivity contribution in [2.45, 2.75) is 26.9 Å². The van der Waals surface area contributed by atoms with Gasteiger partial charge in [-0.2, -0.15) is 0 Å². The number of carboxylic acid groups (broad SMARTS) is 1. The fourth-order valence-electron chi connectivity index (χ4n) is 1.89. The molecule has 20 heavy (non-hydrogen) atoms. The van der Waals surface area contributed by atoms with E-state index in [-0.39, 0.29) is 11.8 Å². The summed E-state index contributed by atoms with van der Waals surface area (Å²) in [5, 5.41) is 9.14. The Hall–Kier alpha value is -2.43. The zero-order valence-corrected chi connectivity index (χ0v) is 11.6. The number of rotatable bonds is 4. The first-order valence-electron chi connectivity index (χ1n) is 6.31. The summed E-state index contributed by atoms with van der Waals surface area (Å²) in [5.41, 5.74) is 1.95. The summed E-state index contributed by atoms with van der Waals surface area (Å²) in [5.74, 6) is -0.308. The van der Waals surface area contributed by atoms with Crippen molar-refractivity contribution in [3.63, 3.8) is 0 Å². The number of aromatic nitrogens is 2. The molecule has 0 unspecified atom stereocenters. The fraction of sp³-hybridized carbons (Fsp3) is 0.267. The largest absolute Gasteiger partial charge is 0.491 e. The zero-order valence-electron chi connectivity index (χ0n) is 11.6. The van der Waals surface area contributed by atoms with E-state index < -0.39 is 5.97 Å². The monoisotopic (exact) mass is 272 g/mol. The molecule has 5 heteroatoms. The topological polar surface area (TPSA) is 72.3 Å². The maximum atomic E-state index is 11.2. The Bertz CT molecular complexity index is 639. The number of benzene rings is 1. The van der Waals surface area contributed by atoms with Crippen LogP contribution in [0, 0.1) is 6.92 Å². The van der Waals surface area contributed by atoms with E-state index in [1.54, 1.807) is 6.07 Å². The third-order valence-corrected chi connectivity index (χ3v) is 2.71. The lowest BCUT2D eigenvalue weighted by Gasteiger charge is -2.13. The molecule has 1 aromatic heterocycles. The Morgan fingerprint density at radius 3 is 2.55 bits per heavy atom. The minimum atomic E-state index is -1.09. The average molecular weight is 272 g/mol. The Kier molecular flexibility index (Phi) is 3.98. The second kappa shape index (κ2) is 5.69. The standard InChI is InChI=1S/C15H16N2O3/c1-9(2)20-12-5-4-11(8-10(12)3)13-14(15(18)19)17-7-6-16-13/h4-9H,1-3H3,(H,18,19). The molecular formula is C15H16N2O3. The Morgan fingerprint density at radius 1 is 1.25 bits per heavy atom. The van der Waals surface area contributed by atoms with Gasteiger partial charge < -0.3 is 9.84 Å². The van der Waals surface area contributed by atoms with Gasteiger partial charge in [-0.1, -0.05) is 0 Å². The van der Waals surface area contributed by atoms with Gasteiger partial charge in [0.15, 0.2) is 5.69 Å². The molecule has 0 fully saturated rings. The lowest BCUT2D eigenvalue weighted by atomic mass is 10.1. The molecule has 0 aliphatic rings. The molecule has 0 aliphatic carbocycles. The predicted octanol–water partition coefficient (Wildman–Crippen LogP) is 2.94. The number of carboxylic acids is 1. The van der Waals surface area contributed by atoms with Crippen LogP contribution >= 0.6 is 0 Å². The van der Waals surface area contributed by atoms with Gasteiger partial charge in [-0.3, -0.25) is 4.98 Å². The molecule has 0 atom stereocenters. The minimum absolute atomic E-state index is 0.0515. The molecule has 5 nitrogen and oxygen atoms in total. The van der Waals surface area contributed by atoms with E-state index in [9.17, 15) is 4.79 Å². The van der Waals surface area contributed by atoms with E-state index in [0.717, 1.165) is 11.3 Å². The van der Waals surface area contributed by atoms with Gasteiger partial charge in [0.05, 0.1) is 6.10 Å². The smallest absolute Gasteiger partial charge is 0.356 e. The van der Waals surface area contributed by atoms with Gasteiger partial charge in [0.25, 0.3) is 0 Å². The molecule has 0 amide bonds. The molecule has 0 radical (unpaired) electrons. The van der Waals surface area contributed by atoms with Gasteiger partial charge >= 0.3 is 5.97 Å². The number of hydrogen-bond donors (Lipinski definition) is 1. The van der Waals surface area contributed by atoms with Crippen LogP contribution < -0.4 is 4.74 Å². The lowest BCUT2D eigenvalue weighted by Crippen LogP contribution is -2.07. The first-order valence-corrected chi connectivity index (χ1v) is 6.31. The first-order chi connectivity index (χ1) is 9.49. The van der Waals surface area contributed by atoms with E-state index in [4.69, 9.17) is 9.84 Å². The molecule has 0 aliphatic heterocycles. The highest BCUT2D eigenvalue weighted by atomic mass is 16.5. The second-order valence-electron chi connectivity index (χ2n) is 4.71. The van der Waals surface area contributed by atoms with Crippen molar-refractivity contribution in [1.82, 2.24) is 9.97 Å². The summed E-state index contributed by atoms with van der Waals surface area (Å²) in [6, 6.07) is 5.47. The average Bonchev–Trinajstić information content (AvgIpc) is 2.40. The minimum Gasteiger partial charge on any atom is -0.491 e. The van der Waals surface area contributed by atoms with Crippen LogP contribution in [-0.4, -0.2) is 27.1 Å². The van der Waals surface area contributed by atoms with Gasteiger partial charge in [0.2, 0.25) is 0 Å². The van der Waals surface area contributed by atoms with E-state index in [1.165, 1.54) is 12.4 Å². The van der Waals surface area contributed by atoms with Crippen LogP contribution in [0.2, 0.25) is 0 Å². The molecule has 1 aromatic carbocycles. The maximum Gasteiger partial charge on any atom is 0.356 e. The summed E-state index contributed by atoms with van der Waals surface area (Å²) in [6.45, 7) is 5.83. The Labute approximate surface area is 117 Å². The summed E-state index contributed by atoms with van der Waals surface area (Å²) in [7, 11) is 0. The van der Waals surface area contributed by atoms with Crippen LogP contribution in [0.15, 0.2) is 30.6 Å². The molecule has 2 aromatic rings. The predicted molar refractivity (Wildman–Crippen MR) is 74.9 cm³/mol. The number of nitrogens with zero attached hydrogens (tertiary/aromatic N) is 2. The highest BCUT2D eigenvalue weighted by Crippen LogP contribution is 2.27. The van der Waals surface area contributed by atoms with Crippen molar-refractivity contribution < 1.29 is 14.6 Å². The lowest BCUT2D eigenvalue weighted by molar-refractivity contribution is 0.0691. The van der Waals surface area contributed by atoms with Crippen LogP contribution in [0.3, 0.4) is 0 Å². The van der Waals surface area contributed by atoms with Crippen LogP contribution in [0.5, 0.6) is 5.75 Å². The summed E-state index contributed by atoms with van der Waals surface area (Å²) < 4.78 is 5.66. The van der Waals surface area contributed by atoms with Crippen molar-refractivity contribution in [3.8, 4) is 17.0 Å². The van der Waals surface area contributed by atoms with Crippen LogP contribution in [-0.2, 0) is 0 Å². The summed E-state index contributed by atoms with van der Waals surface area (Å²) >= 11 is 0. The number of aromatic carboxylic acids is 1. The van der Waals surface area contributed by atoms with Gasteiger partial charge in [0.1, 0.15) is 11.4 Å².